The molecule has 0 bridgehead atoms. The molecule has 1 aromatic rings. The molecule has 0 saturated heterocycles. The summed E-state index contributed by atoms with van der Waals surface area (Å²) in [6, 6.07) is 10.4. The zero-order chi connectivity index (χ0) is 11.7. The van der Waals surface area contributed by atoms with Crippen LogP contribution in [0.4, 0.5) is 5.69 Å². The maximum atomic E-state index is 4.68. The van der Waals surface area contributed by atoms with Gasteiger partial charge in [0.15, 0.2) is 0 Å². The Hall–Kier alpha value is -0.630. The van der Waals surface area contributed by atoms with Gasteiger partial charge in [0, 0.05) is 11.2 Å². The van der Waals surface area contributed by atoms with Crippen molar-refractivity contribution in [3.05, 3.63) is 30.3 Å². The highest BCUT2D eigenvalue weighted by atomic mass is 32.1. The molecular weight excluding hydrogens is 202 g/mol. The molecule has 84 valence electrons. The first-order valence-corrected chi connectivity index (χ1v) is 5.75. The van der Waals surface area contributed by atoms with Crippen LogP contribution in [0.15, 0.2) is 30.3 Å². The van der Waals surface area contributed by atoms with Gasteiger partial charge in [-0.25, -0.2) is 0 Å². The molecule has 0 heterocycles. The summed E-state index contributed by atoms with van der Waals surface area (Å²) >= 11 is 4.68. The minimum absolute atomic E-state index is 0.0621. The largest absolute Gasteiger partial charge is 0.353 e. The van der Waals surface area contributed by atoms with Crippen molar-refractivity contribution < 1.29 is 0 Å². The molecule has 2 heteroatoms. The van der Waals surface area contributed by atoms with Gasteiger partial charge in [0.2, 0.25) is 0 Å². The Kier molecular flexibility index (Phi) is 3.39. The molecule has 0 N–H and O–H groups in total. The second-order valence-electron chi connectivity index (χ2n) is 5.34. The van der Waals surface area contributed by atoms with E-state index in [2.05, 4.69) is 76.4 Å². The van der Waals surface area contributed by atoms with Crippen LogP contribution in [-0.2, 0) is 0 Å². The number of para-hydroxylation sites is 1. The number of thiol groups is 1. The lowest BCUT2D eigenvalue weighted by atomic mass is 10.0. The predicted octanol–water partition coefficient (Wildman–Crippen LogP) is 3.96. The van der Waals surface area contributed by atoms with Crippen molar-refractivity contribution >= 4 is 18.3 Å². The standard InChI is InChI=1S/C13H21NS/c1-12(2,3)14(13(4,5)15)11-9-7-6-8-10-11/h6-10,15H,1-5H3. The van der Waals surface area contributed by atoms with Crippen molar-refractivity contribution in [2.24, 2.45) is 0 Å². The molecule has 1 aromatic carbocycles. The number of benzene rings is 1. The van der Waals surface area contributed by atoms with Crippen LogP contribution in [0.3, 0.4) is 0 Å². The van der Waals surface area contributed by atoms with E-state index < -0.39 is 0 Å². The van der Waals surface area contributed by atoms with Crippen LogP contribution < -0.4 is 4.90 Å². The third-order valence-electron chi connectivity index (χ3n) is 2.23. The Morgan fingerprint density at radius 2 is 1.40 bits per heavy atom. The fourth-order valence-electron chi connectivity index (χ4n) is 2.10. The summed E-state index contributed by atoms with van der Waals surface area (Å²) in [5, 5.41) is 0. The normalized spacial score (nSPS) is 12.7. The highest BCUT2D eigenvalue weighted by Crippen LogP contribution is 2.33. The summed E-state index contributed by atoms with van der Waals surface area (Å²) in [5.41, 5.74) is 1.28. The topological polar surface area (TPSA) is 3.24 Å². The first-order chi connectivity index (χ1) is 6.73. The van der Waals surface area contributed by atoms with E-state index in [9.17, 15) is 0 Å². The van der Waals surface area contributed by atoms with Crippen LogP contribution in [-0.4, -0.2) is 10.4 Å². The Balaban J connectivity index is 3.15. The van der Waals surface area contributed by atoms with Gasteiger partial charge in [-0.05, 0) is 46.8 Å². The van der Waals surface area contributed by atoms with E-state index >= 15 is 0 Å². The van der Waals surface area contributed by atoms with Crippen molar-refractivity contribution in [3.63, 3.8) is 0 Å². The lowest BCUT2D eigenvalue weighted by molar-refractivity contribution is 0.445. The molecule has 0 aromatic heterocycles. The van der Waals surface area contributed by atoms with Gasteiger partial charge in [0.1, 0.15) is 0 Å². The highest BCUT2D eigenvalue weighted by Gasteiger charge is 2.32. The Bertz CT molecular complexity index is 292. The fraction of sp³-hybridized carbons (Fsp3) is 0.538. The SMILES string of the molecule is CC(C)(C)N(c1ccccc1)C(C)(C)S. The summed E-state index contributed by atoms with van der Waals surface area (Å²) < 4.78 is 0. The lowest BCUT2D eigenvalue weighted by Gasteiger charge is -2.46. The first kappa shape index (κ1) is 12.4. The van der Waals surface area contributed by atoms with Gasteiger partial charge in [-0.1, -0.05) is 18.2 Å². The monoisotopic (exact) mass is 223 g/mol. The van der Waals surface area contributed by atoms with Crippen molar-refractivity contribution in [3.8, 4) is 0 Å². The number of nitrogens with zero attached hydrogens (tertiary/aromatic N) is 1. The summed E-state index contributed by atoms with van der Waals surface area (Å²) in [5.74, 6) is 0. The van der Waals surface area contributed by atoms with E-state index in [1.165, 1.54) is 5.69 Å². The van der Waals surface area contributed by atoms with Gasteiger partial charge >= 0.3 is 0 Å². The number of hydrogen-bond acceptors (Lipinski definition) is 2. The van der Waals surface area contributed by atoms with E-state index in [4.69, 9.17) is 0 Å². The minimum atomic E-state index is -0.167. The van der Waals surface area contributed by atoms with Crippen LogP contribution in [0.25, 0.3) is 0 Å². The van der Waals surface area contributed by atoms with Crippen molar-refractivity contribution in [2.75, 3.05) is 4.90 Å². The number of hydrogen-bond donors (Lipinski definition) is 1. The number of anilines is 1. The van der Waals surface area contributed by atoms with E-state index in [-0.39, 0.29) is 10.4 Å². The zero-order valence-corrected chi connectivity index (χ0v) is 11.2. The molecule has 0 fully saturated rings. The molecule has 15 heavy (non-hydrogen) atoms. The average molecular weight is 223 g/mol. The van der Waals surface area contributed by atoms with Gasteiger partial charge in [-0.3, -0.25) is 0 Å². The lowest BCUT2D eigenvalue weighted by Crippen LogP contribution is -2.51. The maximum Gasteiger partial charge on any atom is 0.0781 e. The average Bonchev–Trinajstić information content (AvgIpc) is 2.00. The van der Waals surface area contributed by atoms with Crippen LogP contribution in [0.5, 0.6) is 0 Å². The molecule has 0 amide bonds. The molecule has 0 aliphatic carbocycles. The molecule has 0 aliphatic rings. The van der Waals surface area contributed by atoms with Crippen LogP contribution in [0, 0.1) is 0 Å². The Morgan fingerprint density at radius 1 is 0.933 bits per heavy atom. The number of rotatable bonds is 2. The first-order valence-electron chi connectivity index (χ1n) is 5.31. The van der Waals surface area contributed by atoms with Gasteiger partial charge in [0.05, 0.1) is 4.87 Å². The summed E-state index contributed by atoms with van der Waals surface area (Å²) in [6.07, 6.45) is 0. The van der Waals surface area contributed by atoms with Crippen LogP contribution in [0.2, 0.25) is 0 Å². The predicted molar refractivity (Wildman–Crippen MR) is 71.7 cm³/mol. The summed E-state index contributed by atoms with van der Waals surface area (Å²) in [4.78, 5) is 2.16. The van der Waals surface area contributed by atoms with Crippen molar-refractivity contribution in [1.82, 2.24) is 0 Å². The zero-order valence-electron chi connectivity index (χ0n) is 10.3. The van der Waals surface area contributed by atoms with E-state index in [0.29, 0.717) is 0 Å². The summed E-state index contributed by atoms with van der Waals surface area (Å²) in [6.45, 7) is 10.9. The third kappa shape index (κ3) is 3.16. The maximum absolute atomic E-state index is 4.68. The molecule has 1 nitrogen and oxygen atoms in total. The Labute approximate surface area is 98.9 Å². The van der Waals surface area contributed by atoms with Crippen molar-refractivity contribution in [1.29, 1.82) is 0 Å². The molecule has 0 saturated carbocycles. The van der Waals surface area contributed by atoms with E-state index in [0.717, 1.165) is 0 Å². The third-order valence-corrected chi connectivity index (χ3v) is 2.43. The minimum Gasteiger partial charge on any atom is -0.353 e. The molecule has 0 unspecified atom stereocenters. The molecular formula is C13H21NS. The van der Waals surface area contributed by atoms with Gasteiger partial charge in [-0.2, -0.15) is 12.6 Å². The van der Waals surface area contributed by atoms with Crippen LogP contribution >= 0.6 is 12.6 Å². The van der Waals surface area contributed by atoms with E-state index in [1.807, 2.05) is 6.07 Å². The second-order valence-corrected chi connectivity index (χ2v) is 6.43. The smallest absolute Gasteiger partial charge is 0.0781 e. The second kappa shape index (κ2) is 4.09. The molecule has 0 radical (unpaired) electrons. The molecule has 0 aliphatic heterocycles. The van der Waals surface area contributed by atoms with Gasteiger partial charge in [-0.15, -0.1) is 0 Å². The quantitative estimate of drug-likeness (QED) is 0.587. The molecule has 1 rings (SSSR count). The highest BCUT2D eigenvalue weighted by molar-refractivity contribution is 7.81. The van der Waals surface area contributed by atoms with Crippen LogP contribution in [0.1, 0.15) is 34.6 Å². The molecule has 0 spiro atoms. The fourth-order valence-corrected chi connectivity index (χ4v) is 2.52. The van der Waals surface area contributed by atoms with E-state index in [1.54, 1.807) is 0 Å². The van der Waals surface area contributed by atoms with Gasteiger partial charge in [0.25, 0.3) is 0 Å². The molecule has 0 atom stereocenters. The Morgan fingerprint density at radius 3 is 1.73 bits per heavy atom. The van der Waals surface area contributed by atoms with Crippen molar-refractivity contribution in [2.45, 2.75) is 45.0 Å². The van der Waals surface area contributed by atoms with Gasteiger partial charge < -0.3 is 4.90 Å². The summed E-state index contributed by atoms with van der Waals surface area (Å²) in [7, 11) is 0.